The Hall–Kier alpha value is -1.04. The molecule has 0 atom stereocenters. The van der Waals surface area contributed by atoms with Crippen molar-refractivity contribution in [1.82, 2.24) is 0 Å². The van der Waals surface area contributed by atoms with Crippen LogP contribution < -0.4 is 6.14 Å². The van der Waals surface area contributed by atoms with E-state index < -0.39 is 48.1 Å². The van der Waals surface area contributed by atoms with Crippen LogP contribution in [0.3, 0.4) is 0 Å². The number of hydrogen-bond acceptors (Lipinski definition) is 0. The van der Waals surface area contributed by atoms with E-state index in [0.717, 1.165) is 12.1 Å². The van der Waals surface area contributed by atoms with Gasteiger partial charge in [-0.05, 0) is 0 Å². The zero-order valence-corrected chi connectivity index (χ0v) is 16.1. The molecule has 2 aromatic rings. The van der Waals surface area contributed by atoms with Crippen LogP contribution in [0.5, 0.6) is 0 Å². The molecule has 0 amide bonds. The van der Waals surface area contributed by atoms with E-state index in [-0.39, 0.29) is 6.14 Å². The van der Waals surface area contributed by atoms with E-state index in [9.17, 15) is 26.3 Å². The molecule has 0 saturated carbocycles. The maximum absolute atomic E-state index is 12.9. The average Bonchev–Trinajstić information content (AvgIpc) is 2.37. The summed E-state index contributed by atoms with van der Waals surface area (Å²) in [5.41, 5.74) is -1.63. The molecule has 0 heterocycles. The molecule has 0 aliphatic heterocycles. The molecular formula is C14H8F6Hg. The molecule has 7 heteroatoms. The summed E-state index contributed by atoms with van der Waals surface area (Å²) in [4.78, 5) is 0. The first kappa shape index (κ1) is 16.3. The third-order valence-electron chi connectivity index (χ3n) is 3.03. The minimum atomic E-state index is -4.54. The van der Waals surface area contributed by atoms with Crippen LogP contribution in [0.15, 0.2) is 48.5 Å². The average molecular weight is 491 g/mol. The number of rotatable bonds is 2. The standard InChI is InChI=1S/2C7H4F3.Hg/c2*8-7(9,10)6-4-2-1-3-5-6;/h2*1-4H;. The van der Waals surface area contributed by atoms with Crippen molar-refractivity contribution in [1.29, 1.82) is 0 Å². The van der Waals surface area contributed by atoms with Crippen LogP contribution in [0.25, 0.3) is 0 Å². The topological polar surface area (TPSA) is 0 Å². The first-order valence-corrected chi connectivity index (χ1v) is 11.5. The van der Waals surface area contributed by atoms with Crippen LogP contribution in [0.4, 0.5) is 26.3 Å². The maximum atomic E-state index is 12.9. The molecule has 2 rings (SSSR count). The van der Waals surface area contributed by atoms with E-state index in [1.165, 1.54) is 36.4 Å². The van der Waals surface area contributed by atoms with Crippen molar-refractivity contribution in [2.45, 2.75) is 12.4 Å². The Morgan fingerprint density at radius 1 is 0.571 bits per heavy atom. The summed E-state index contributed by atoms with van der Waals surface area (Å²) in [5.74, 6) is 0. The first-order chi connectivity index (χ1) is 9.69. The van der Waals surface area contributed by atoms with Gasteiger partial charge in [-0.15, -0.1) is 0 Å². The Kier molecular flexibility index (Phi) is 4.65. The summed E-state index contributed by atoms with van der Waals surface area (Å²) in [7, 11) is 0. The Bertz CT molecular complexity index is 574. The second kappa shape index (κ2) is 5.98. The van der Waals surface area contributed by atoms with Gasteiger partial charge in [0.05, 0.1) is 0 Å². The van der Waals surface area contributed by atoms with Gasteiger partial charge in [0.1, 0.15) is 0 Å². The van der Waals surface area contributed by atoms with Gasteiger partial charge in [0.15, 0.2) is 0 Å². The van der Waals surface area contributed by atoms with Gasteiger partial charge in [-0.2, -0.15) is 0 Å². The number of alkyl halides is 6. The zero-order chi connectivity index (χ0) is 15.7. The molecule has 0 spiro atoms. The molecule has 0 fully saturated rings. The van der Waals surface area contributed by atoms with Crippen LogP contribution in [-0.2, 0) is 36.9 Å². The quantitative estimate of drug-likeness (QED) is 0.444. The van der Waals surface area contributed by atoms with E-state index >= 15 is 0 Å². The van der Waals surface area contributed by atoms with Crippen molar-refractivity contribution in [2.24, 2.45) is 0 Å². The van der Waals surface area contributed by atoms with Crippen LogP contribution in [-0.4, -0.2) is 0 Å². The van der Waals surface area contributed by atoms with Gasteiger partial charge in [0, 0.05) is 0 Å². The monoisotopic (exact) mass is 492 g/mol. The van der Waals surface area contributed by atoms with E-state index in [0.29, 0.717) is 0 Å². The molecule has 0 unspecified atom stereocenters. The molecule has 0 bridgehead atoms. The molecule has 0 aliphatic carbocycles. The van der Waals surface area contributed by atoms with Crippen molar-refractivity contribution in [3.63, 3.8) is 0 Å². The Morgan fingerprint density at radius 2 is 0.905 bits per heavy atom. The van der Waals surface area contributed by atoms with Gasteiger partial charge in [0.2, 0.25) is 0 Å². The Morgan fingerprint density at radius 3 is 1.24 bits per heavy atom. The zero-order valence-electron chi connectivity index (χ0n) is 10.6. The molecule has 0 saturated heterocycles. The molecule has 21 heavy (non-hydrogen) atoms. The predicted molar refractivity (Wildman–Crippen MR) is 62.2 cm³/mol. The molecule has 0 nitrogen and oxygen atoms in total. The van der Waals surface area contributed by atoms with E-state index in [1.54, 1.807) is 0 Å². The van der Waals surface area contributed by atoms with Gasteiger partial charge in [-0.1, -0.05) is 0 Å². The van der Waals surface area contributed by atoms with Crippen LogP contribution >= 0.6 is 0 Å². The third-order valence-corrected chi connectivity index (χ3v) is 10.8. The van der Waals surface area contributed by atoms with E-state index in [4.69, 9.17) is 0 Å². The van der Waals surface area contributed by atoms with Gasteiger partial charge in [-0.25, -0.2) is 0 Å². The van der Waals surface area contributed by atoms with Crippen molar-refractivity contribution in [3.05, 3.63) is 59.7 Å². The number of halogens is 6. The van der Waals surface area contributed by atoms with Crippen molar-refractivity contribution in [3.8, 4) is 0 Å². The summed E-state index contributed by atoms with van der Waals surface area (Å²) in [6.07, 6.45) is -9.08. The third kappa shape index (κ3) is 3.99. The van der Waals surface area contributed by atoms with Crippen LogP contribution in [0, 0.1) is 0 Å². The summed E-state index contributed by atoms with van der Waals surface area (Å²) >= 11 is -2.77. The van der Waals surface area contributed by atoms with Gasteiger partial charge in [-0.3, -0.25) is 0 Å². The summed E-state index contributed by atoms with van der Waals surface area (Å²) in [5, 5.41) is 0. The first-order valence-electron chi connectivity index (χ1n) is 6.00. The molecule has 0 aromatic heterocycles. The minimum absolute atomic E-state index is 0.0432. The molecule has 108 valence electrons. The van der Waals surface area contributed by atoms with Crippen molar-refractivity contribution < 1.29 is 50.9 Å². The summed E-state index contributed by atoms with van der Waals surface area (Å²) < 4.78 is 77.5. The second-order valence-electron chi connectivity index (χ2n) is 4.49. The molecule has 0 radical (unpaired) electrons. The van der Waals surface area contributed by atoms with Gasteiger partial charge >= 0.3 is 129 Å². The van der Waals surface area contributed by atoms with Crippen LogP contribution in [0.2, 0.25) is 0 Å². The van der Waals surface area contributed by atoms with E-state index in [2.05, 4.69) is 0 Å². The fourth-order valence-electron chi connectivity index (χ4n) is 2.11. The Balaban J connectivity index is 2.45. The van der Waals surface area contributed by atoms with Gasteiger partial charge < -0.3 is 0 Å². The fraction of sp³-hybridized carbons (Fsp3) is 0.143. The normalized spacial score (nSPS) is 12.1. The SMILES string of the molecule is FC(F)(F)c1cccc[c]1[Hg][c]1ccccc1C(F)(F)F. The predicted octanol–water partition coefficient (Wildman–Crippen LogP) is 3.76. The summed E-state index contributed by atoms with van der Waals surface area (Å²) in [6, 6.07) is 9.78. The molecule has 0 N–H and O–H groups in total. The second-order valence-corrected chi connectivity index (χ2v) is 11.8. The molecule has 2 aromatic carbocycles. The van der Waals surface area contributed by atoms with E-state index in [1.807, 2.05) is 0 Å². The fourth-order valence-corrected chi connectivity index (χ4v) is 9.63. The number of hydrogen-bond donors (Lipinski definition) is 0. The van der Waals surface area contributed by atoms with Crippen LogP contribution in [0.1, 0.15) is 11.1 Å². The molecule has 0 aliphatic rings. The number of benzene rings is 2. The Labute approximate surface area is 129 Å². The van der Waals surface area contributed by atoms with Gasteiger partial charge in [0.25, 0.3) is 0 Å². The van der Waals surface area contributed by atoms with Crippen molar-refractivity contribution >= 4 is 6.14 Å². The van der Waals surface area contributed by atoms with Crippen molar-refractivity contribution in [2.75, 3.05) is 0 Å². The summed E-state index contributed by atoms with van der Waals surface area (Å²) in [6.45, 7) is 0. The molecular weight excluding hydrogens is 483 g/mol.